The molecule has 24 heavy (non-hydrogen) atoms. The number of aliphatic hydroxyl groups is 1. The van der Waals surface area contributed by atoms with Crippen LogP contribution < -0.4 is 9.47 Å². The van der Waals surface area contributed by atoms with Crippen LogP contribution in [0.4, 0.5) is 0 Å². The molecule has 132 valence electrons. The fourth-order valence-corrected chi connectivity index (χ4v) is 2.24. The quantitative estimate of drug-likeness (QED) is 0.266. The van der Waals surface area contributed by atoms with Crippen molar-refractivity contribution in [2.75, 3.05) is 19.6 Å². The summed E-state index contributed by atoms with van der Waals surface area (Å²) in [5.41, 5.74) is 0. The molecule has 0 aliphatic heterocycles. The van der Waals surface area contributed by atoms with Crippen LogP contribution in [-0.2, 0) is 0 Å². The highest BCUT2D eigenvalue weighted by Gasteiger charge is 2.02. The summed E-state index contributed by atoms with van der Waals surface area (Å²) in [7, 11) is 1.64. The Hall–Kier alpha value is -1.63. The van der Waals surface area contributed by atoms with Crippen LogP contribution in [0.3, 0.4) is 0 Å². The van der Waals surface area contributed by atoms with E-state index in [1.165, 1.54) is 0 Å². The standard InChI is InChI=1S/C20H27ClO3/c1-23-18-12-14-20(15-13-18)24-19(11-7-5-9-17-22)10-6-3-2-4-8-16-21/h10,12-15,22H,2,4-5,7-9,11,16-17H2,1H3. The maximum atomic E-state index is 8.87. The average Bonchev–Trinajstić information content (AvgIpc) is 2.62. The van der Waals surface area contributed by atoms with E-state index in [2.05, 4.69) is 11.8 Å². The predicted molar refractivity (Wildman–Crippen MR) is 99.6 cm³/mol. The molecule has 1 rings (SSSR count). The first-order chi connectivity index (χ1) is 11.8. The largest absolute Gasteiger partial charge is 0.497 e. The van der Waals surface area contributed by atoms with E-state index in [9.17, 15) is 0 Å². The molecule has 1 N–H and O–H groups in total. The fraction of sp³-hybridized carbons (Fsp3) is 0.500. The van der Waals surface area contributed by atoms with Gasteiger partial charge in [0.15, 0.2) is 0 Å². The lowest BCUT2D eigenvalue weighted by Gasteiger charge is -2.10. The molecule has 1 aromatic rings. The van der Waals surface area contributed by atoms with Gasteiger partial charge in [-0.2, -0.15) is 0 Å². The van der Waals surface area contributed by atoms with Gasteiger partial charge in [0.05, 0.1) is 7.11 Å². The maximum Gasteiger partial charge on any atom is 0.127 e. The molecule has 0 radical (unpaired) electrons. The van der Waals surface area contributed by atoms with E-state index in [-0.39, 0.29) is 6.61 Å². The second-order valence-corrected chi connectivity index (χ2v) is 5.77. The van der Waals surface area contributed by atoms with Crippen LogP contribution in [0, 0.1) is 11.8 Å². The fourth-order valence-electron chi connectivity index (χ4n) is 2.05. The highest BCUT2D eigenvalue weighted by Crippen LogP contribution is 2.21. The van der Waals surface area contributed by atoms with Gasteiger partial charge in [-0.3, -0.25) is 0 Å². The van der Waals surface area contributed by atoms with Crippen molar-refractivity contribution in [1.29, 1.82) is 0 Å². The normalized spacial score (nSPS) is 10.9. The number of rotatable bonds is 11. The minimum Gasteiger partial charge on any atom is -0.497 e. The van der Waals surface area contributed by atoms with Crippen LogP contribution in [0.15, 0.2) is 36.1 Å². The molecule has 3 nitrogen and oxygen atoms in total. The SMILES string of the molecule is COc1ccc(OC(=CC#CCCCCCl)CCCCCO)cc1. The number of ether oxygens (including phenoxy) is 2. The maximum absolute atomic E-state index is 8.87. The summed E-state index contributed by atoms with van der Waals surface area (Å²) >= 11 is 5.65. The second-order valence-electron chi connectivity index (χ2n) is 5.39. The first kappa shape index (κ1) is 20.4. The van der Waals surface area contributed by atoms with Gasteiger partial charge in [-0.15, -0.1) is 11.6 Å². The first-order valence-corrected chi connectivity index (χ1v) is 8.99. The number of aliphatic hydroxyl groups excluding tert-OH is 1. The number of hydrogen-bond acceptors (Lipinski definition) is 3. The summed E-state index contributed by atoms with van der Waals surface area (Å²) in [5.74, 6) is 9.32. The number of benzene rings is 1. The van der Waals surface area contributed by atoms with E-state index in [4.69, 9.17) is 26.2 Å². The van der Waals surface area contributed by atoms with E-state index < -0.39 is 0 Å². The Labute approximate surface area is 150 Å². The van der Waals surface area contributed by atoms with Gasteiger partial charge in [-0.25, -0.2) is 0 Å². The van der Waals surface area contributed by atoms with Crippen LogP contribution in [-0.4, -0.2) is 24.7 Å². The Kier molecular flexibility index (Phi) is 11.7. The molecule has 0 saturated heterocycles. The van der Waals surface area contributed by atoms with Gasteiger partial charge in [0.2, 0.25) is 0 Å². The Morgan fingerprint density at radius 3 is 2.50 bits per heavy atom. The van der Waals surface area contributed by atoms with Crippen molar-refractivity contribution in [3.05, 3.63) is 36.1 Å². The molecule has 0 aromatic heterocycles. The summed E-state index contributed by atoms with van der Waals surface area (Å²) in [6.45, 7) is 0.235. The van der Waals surface area contributed by atoms with Gasteiger partial charge in [0.1, 0.15) is 17.3 Å². The number of allylic oxidation sites excluding steroid dienone is 2. The van der Waals surface area contributed by atoms with Gasteiger partial charge in [0, 0.05) is 31.4 Å². The lowest BCUT2D eigenvalue weighted by molar-refractivity contribution is 0.281. The molecule has 0 bridgehead atoms. The summed E-state index contributed by atoms with van der Waals surface area (Å²) in [4.78, 5) is 0. The van der Waals surface area contributed by atoms with Crippen LogP contribution in [0.5, 0.6) is 11.5 Å². The highest BCUT2D eigenvalue weighted by molar-refractivity contribution is 6.17. The van der Waals surface area contributed by atoms with Crippen LogP contribution in [0.25, 0.3) is 0 Å². The number of unbranched alkanes of at least 4 members (excludes halogenated alkanes) is 4. The van der Waals surface area contributed by atoms with Gasteiger partial charge in [-0.05, 0) is 49.9 Å². The van der Waals surface area contributed by atoms with Crippen molar-refractivity contribution in [1.82, 2.24) is 0 Å². The van der Waals surface area contributed by atoms with Crippen molar-refractivity contribution in [2.24, 2.45) is 0 Å². The third kappa shape index (κ3) is 9.50. The Balaban J connectivity index is 2.61. The molecular formula is C20H27ClO3. The third-order valence-corrected chi connectivity index (χ3v) is 3.68. The molecule has 0 saturated carbocycles. The summed E-state index contributed by atoms with van der Waals surface area (Å²) in [5, 5.41) is 8.87. The Bertz CT molecular complexity index is 526. The van der Waals surface area contributed by atoms with Gasteiger partial charge < -0.3 is 14.6 Å². The average molecular weight is 351 g/mol. The van der Waals surface area contributed by atoms with Gasteiger partial charge >= 0.3 is 0 Å². The summed E-state index contributed by atoms with van der Waals surface area (Å²) in [6.07, 6.45) is 8.29. The molecule has 0 spiro atoms. The highest BCUT2D eigenvalue weighted by atomic mass is 35.5. The zero-order chi connectivity index (χ0) is 17.5. The monoisotopic (exact) mass is 350 g/mol. The molecule has 0 heterocycles. The zero-order valence-electron chi connectivity index (χ0n) is 14.4. The number of hydrogen-bond donors (Lipinski definition) is 1. The molecule has 1 aromatic carbocycles. The molecule has 0 amide bonds. The van der Waals surface area contributed by atoms with Gasteiger partial charge in [-0.1, -0.05) is 18.3 Å². The predicted octanol–water partition coefficient (Wildman–Crippen LogP) is 4.92. The van der Waals surface area contributed by atoms with E-state index in [1.54, 1.807) is 7.11 Å². The van der Waals surface area contributed by atoms with Gasteiger partial charge in [0.25, 0.3) is 0 Å². The van der Waals surface area contributed by atoms with E-state index in [0.717, 1.165) is 62.2 Å². The lowest BCUT2D eigenvalue weighted by atomic mass is 10.1. The summed E-state index contributed by atoms with van der Waals surface area (Å²) < 4.78 is 11.1. The van der Waals surface area contributed by atoms with Crippen LogP contribution in [0.1, 0.15) is 44.9 Å². The Morgan fingerprint density at radius 1 is 1.08 bits per heavy atom. The van der Waals surface area contributed by atoms with Crippen molar-refractivity contribution < 1.29 is 14.6 Å². The van der Waals surface area contributed by atoms with E-state index in [0.29, 0.717) is 5.88 Å². The van der Waals surface area contributed by atoms with Crippen molar-refractivity contribution >= 4 is 11.6 Å². The summed E-state index contributed by atoms with van der Waals surface area (Å²) in [6, 6.07) is 7.51. The zero-order valence-corrected chi connectivity index (χ0v) is 15.1. The third-order valence-electron chi connectivity index (χ3n) is 3.41. The van der Waals surface area contributed by atoms with Crippen molar-refractivity contribution in [2.45, 2.75) is 44.9 Å². The Morgan fingerprint density at radius 2 is 1.83 bits per heavy atom. The second kappa shape index (κ2) is 13.8. The first-order valence-electron chi connectivity index (χ1n) is 8.46. The van der Waals surface area contributed by atoms with E-state index in [1.807, 2.05) is 30.3 Å². The smallest absolute Gasteiger partial charge is 0.127 e. The van der Waals surface area contributed by atoms with Crippen molar-refractivity contribution in [3.63, 3.8) is 0 Å². The molecule has 0 aliphatic rings. The molecule has 0 unspecified atom stereocenters. The van der Waals surface area contributed by atoms with Crippen LogP contribution in [0.2, 0.25) is 0 Å². The lowest BCUT2D eigenvalue weighted by Crippen LogP contribution is -1.96. The molecule has 0 fully saturated rings. The molecule has 0 aliphatic carbocycles. The topological polar surface area (TPSA) is 38.7 Å². The van der Waals surface area contributed by atoms with Crippen molar-refractivity contribution in [3.8, 4) is 23.3 Å². The molecular weight excluding hydrogens is 324 g/mol. The minimum absolute atomic E-state index is 0.235. The molecule has 4 heteroatoms. The molecule has 0 atom stereocenters. The number of halogens is 1. The number of alkyl halides is 1. The van der Waals surface area contributed by atoms with E-state index >= 15 is 0 Å². The minimum atomic E-state index is 0.235. The number of methoxy groups -OCH3 is 1. The van der Waals surface area contributed by atoms with Crippen LogP contribution >= 0.6 is 11.6 Å².